The average Bonchev–Trinajstić information content (AvgIpc) is 2.91. The molecule has 2 rings (SSSR count). The summed E-state index contributed by atoms with van der Waals surface area (Å²) in [6.07, 6.45) is 4.72. The highest BCUT2D eigenvalue weighted by Gasteiger charge is 2.47. The van der Waals surface area contributed by atoms with E-state index in [-0.39, 0.29) is 24.5 Å². The summed E-state index contributed by atoms with van der Waals surface area (Å²) in [7, 11) is 0. The lowest BCUT2D eigenvalue weighted by molar-refractivity contribution is -0.176. The molecule has 5 atom stereocenters. The zero-order valence-corrected chi connectivity index (χ0v) is 16.9. The molecular weight excluding hydrogens is 380 g/mol. The summed E-state index contributed by atoms with van der Waals surface area (Å²) in [6.45, 7) is 7.36. The number of carbonyl (C=O) groups excluding carboxylic acids is 3. The molecule has 0 saturated carbocycles. The smallest absolute Gasteiger partial charge is 0.340 e. The highest BCUT2D eigenvalue weighted by atomic mass is 16.6. The van der Waals surface area contributed by atoms with Crippen LogP contribution in [-0.2, 0) is 28.6 Å². The number of esters is 3. The maximum Gasteiger partial charge on any atom is 0.340 e. The zero-order valence-electron chi connectivity index (χ0n) is 16.9. The van der Waals surface area contributed by atoms with Crippen molar-refractivity contribution in [2.45, 2.75) is 51.4 Å². The van der Waals surface area contributed by atoms with Crippen LogP contribution >= 0.6 is 0 Å². The third-order valence-corrected chi connectivity index (χ3v) is 5.03. The van der Waals surface area contributed by atoms with Gasteiger partial charge in [0.15, 0.2) is 5.60 Å². The lowest BCUT2D eigenvalue weighted by atomic mass is 9.83. The van der Waals surface area contributed by atoms with Crippen molar-refractivity contribution in [3.05, 3.63) is 36.0 Å². The van der Waals surface area contributed by atoms with Gasteiger partial charge in [-0.25, -0.2) is 9.59 Å². The Bertz CT molecular complexity index is 733. The lowest BCUT2D eigenvalue weighted by Gasteiger charge is -2.31. The van der Waals surface area contributed by atoms with Crippen LogP contribution in [0, 0.1) is 11.8 Å². The van der Waals surface area contributed by atoms with Crippen LogP contribution in [0.2, 0.25) is 0 Å². The minimum atomic E-state index is -2.09. The molecule has 1 aliphatic heterocycles. The average molecular weight is 408 g/mol. The van der Waals surface area contributed by atoms with E-state index in [1.807, 2.05) is 19.1 Å². The van der Waals surface area contributed by atoms with Gasteiger partial charge < -0.3 is 24.4 Å². The highest BCUT2D eigenvalue weighted by Crippen LogP contribution is 2.38. The minimum Gasteiger partial charge on any atom is -0.461 e. The number of hydrogen-bond acceptors (Lipinski definition) is 8. The molecular formula is C21H28O8. The van der Waals surface area contributed by atoms with E-state index in [0.29, 0.717) is 12.0 Å². The molecule has 8 heteroatoms. The fourth-order valence-electron chi connectivity index (χ4n) is 3.33. The summed E-state index contributed by atoms with van der Waals surface area (Å²) in [5, 5.41) is 19.3. The van der Waals surface area contributed by atoms with E-state index in [9.17, 15) is 24.6 Å². The third-order valence-electron chi connectivity index (χ3n) is 5.03. The Kier molecular flexibility index (Phi) is 7.37. The summed E-state index contributed by atoms with van der Waals surface area (Å²) in [5.41, 5.74) is -1.26. The van der Waals surface area contributed by atoms with Crippen molar-refractivity contribution in [2.75, 3.05) is 13.2 Å². The van der Waals surface area contributed by atoms with Crippen LogP contribution in [0.5, 0.6) is 0 Å². The summed E-state index contributed by atoms with van der Waals surface area (Å²) in [5.74, 6) is -2.61. The van der Waals surface area contributed by atoms with Gasteiger partial charge in [-0.3, -0.25) is 4.79 Å². The molecule has 29 heavy (non-hydrogen) atoms. The Morgan fingerprint density at radius 1 is 1.41 bits per heavy atom. The molecule has 0 aromatic rings. The minimum absolute atomic E-state index is 0.0167. The number of aliphatic hydroxyl groups excluding tert-OH is 1. The first-order valence-corrected chi connectivity index (χ1v) is 9.48. The van der Waals surface area contributed by atoms with Crippen molar-refractivity contribution >= 4 is 17.9 Å². The monoisotopic (exact) mass is 408 g/mol. The van der Waals surface area contributed by atoms with Gasteiger partial charge in [-0.15, -0.1) is 0 Å². The summed E-state index contributed by atoms with van der Waals surface area (Å²) < 4.78 is 16.1. The van der Waals surface area contributed by atoms with Gasteiger partial charge in [-0.2, -0.15) is 0 Å². The Labute approximate surface area is 169 Å². The van der Waals surface area contributed by atoms with E-state index in [0.717, 1.165) is 6.92 Å². The van der Waals surface area contributed by atoms with Crippen LogP contribution in [0.4, 0.5) is 0 Å². The van der Waals surface area contributed by atoms with Crippen molar-refractivity contribution in [3.63, 3.8) is 0 Å². The molecule has 0 amide bonds. The van der Waals surface area contributed by atoms with Crippen LogP contribution in [0.25, 0.3) is 0 Å². The lowest BCUT2D eigenvalue weighted by Crippen LogP contribution is -2.45. The first-order chi connectivity index (χ1) is 13.5. The van der Waals surface area contributed by atoms with Gasteiger partial charge in [0.05, 0.1) is 12.5 Å². The molecule has 8 nitrogen and oxygen atoms in total. The van der Waals surface area contributed by atoms with Gasteiger partial charge in [0.2, 0.25) is 0 Å². The van der Waals surface area contributed by atoms with Gasteiger partial charge >= 0.3 is 17.9 Å². The Hall–Kier alpha value is -2.45. The van der Waals surface area contributed by atoms with Crippen molar-refractivity contribution in [1.82, 2.24) is 0 Å². The van der Waals surface area contributed by atoms with Crippen LogP contribution in [0.3, 0.4) is 0 Å². The molecule has 0 bridgehead atoms. The van der Waals surface area contributed by atoms with E-state index in [4.69, 9.17) is 14.2 Å². The van der Waals surface area contributed by atoms with Crippen molar-refractivity contribution in [3.8, 4) is 0 Å². The quantitative estimate of drug-likeness (QED) is 0.396. The maximum atomic E-state index is 12.4. The standard InChI is InChI=1S/C21H28O8/c1-12-6-5-7-15(10-27-14(3)23)9-17(29-20(25)21(4,26)11-22)18-13(2)19(24)28-16(18)8-12/h5-7,12,16-18,22,26H,2,8-11H2,1,3-4H3/b6-5-,15-7+/t12-,16+,17-,18-,21+/m1/s1. The molecule has 2 N–H and O–H groups in total. The molecule has 0 aromatic carbocycles. The molecule has 1 heterocycles. The first kappa shape index (κ1) is 22.8. The molecule has 1 aliphatic carbocycles. The molecule has 160 valence electrons. The van der Waals surface area contributed by atoms with Crippen molar-refractivity contribution in [1.29, 1.82) is 0 Å². The van der Waals surface area contributed by atoms with Crippen LogP contribution in [0.15, 0.2) is 36.0 Å². The Morgan fingerprint density at radius 3 is 2.72 bits per heavy atom. The van der Waals surface area contributed by atoms with Gasteiger partial charge in [0.1, 0.15) is 18.8 Å². The molecule has 1 saturated heterocycles. The topological polar surface area (TPSA) is 119 Å². The van der Waals surface area contributed by atoms with Gasteiger partial charge in [0.25, 0.3) is 0 Å². The predicted molar refractivity (Wildman–Crippen MR) is 102 cm³/mol. The molecule has 0 unspecified atom stereocenters. The molecule has 0 spiro atoms. The molecule has 2 aliphatic rings. The molecule has 0 radical (unpaired) electrons. The van der Waals surface area contributed by atoms with E-state index in [2.05, 4.69) is 6.58 Å². The number of aliphatic hydroxyl groups is 2. The predicted octanol–water partition coefficient (Wildman–Crippen LogP) is 1.21. The van der Waals surface area contributed by atoms with Crippen molar-refractivity contribution < 1.29 is 38.8 Å². The van der Waals surface area contributed by atoms with Crippen LogP contribution < -0.4 is 0 Å². The van der Waals surface area contributed by atoms with Crippen molar-refractivity contribution in [2.24, 2.45) is 11.8 Å². The van der Waals surface area contributed by atoms with Gasteiger partial charge in [-0.05, 0) is 24.8 Å². The molecule has 0 aromatic heterocycles. The van der Waals surface area contributed by atoms with E-state index >= 15 is 0 Å². The summed E-state index contributed by atoms with van der Waals surface area (Å²) >= 11 is 0. The van der Waals surface area contributed by atoms with Crippen LogP contribution in [0.1, 0.15) is 33.6 Å². The third kappa shape index (κ3) is 5.77. The second kappa shape index (κ2) is 9.37. The summed E-state index contributed by atoms with van der Waals surface area (Å²) in [6, 6.07) is 0. The fourth-order valence-corrected chi connectivity index (χ4v) is 3.33. The van der Waals surface area contributed by atoms with E-state index < -0.39 is 48.2 Å². The van der Waals surface area contributed by atoms with Crippen LogP contribution in [-0.4, -0.2) is 59.1 Å². The molecule has 1 fully saturated rings. The first-order valence-electron chi connectivity index (χ1n) is 9.48. The number of carbonyl (C=O) groups is 3. The number of rotatable bonds is 5. The SMILES string of the molecule is C=C1C(=O)O[C@H]2C[C@H](C)/C=C\C=C(\COC(C)=O)C[C@@H](OC(=O)[C@@](C)(O)CO)[C@H]12. The zero-order chi connectivity index (χ0) is 21.8. The van der Waals surface area contributed by atoms with E-state index in [1.165, 1.54) is 6.92 Å². The largest absolute Gasteiger partial charge is 0.461 e. The fraction of sp³-hybridized carbons (Fsp3) is 0.571. The number of fused-ring (bicyclic) bond motifs is 1. The highest BCUT2D eigenvalue weighted by molar-refractivity contribution is 5.91. The number of ether oxygens (including phenoxy) is 3. The van der Waals surface area contributed by atoms with Gasteiger partial charge in [0, 0.05) is 18.9 Å². The normalized spacial score (nSPS) is 32.1. The summed E-state index contributed by atoms with van der Waals surface area (Å²) in [4.78, 5) is 35.8. The van der Waals surface area contributed by atoms with E-state index in [1.54, 1.807) is 6.08 Å². The van der Waals surface area contributed by atoms with Gasteiger partial charge in [-0.1, -0.05) is 31.7 Å². The second-order valence-electron chi connectivity index (χ2n) is 7.78. The number of hydrogen-bond donors (Lipinski definition) is 2. The second-order valence-corrected chi connectivity index (χ2v) is 7.78. The maximum absolute atomic E-state index is 12.4. The Balaban J connectivity index is 2.40. The Morgan fingerprint density at radius 2 is 2.10 bits per heavy atom. The number of allylic oxidation sites excluding steroid dienone is 3.